The normalized spacial score (nSPS) is 12.6. The van der Waals surface area contributed by atoms with Crippen LogP contribution >= 0.6 is 11.3 Å². The van der Waals surface area contributed by atoms with Crippen LogP contribution < -0.4 is 0 Å². The van der Waals surface area contributed by atoms with Crippen molar-refractivity contribution in [2.24, 2.45) is 10.8 Å². The van der Waals surface area contributed by atoms with E-state index in [0.29, 0.717) is 0 Å². The number of carbonyl (C=O) groups is 1. The van der Waals surface area contributed by atoms with Crippen molar-refractivity contribution in [3.8, 4) is 11.3 Å². The zero-order chi connectivity index (χ0) is 34.9. The molecule has 1 N–H and O–H groups in total. The van der Waals surface area contributed by atoms with E-state index in [1.54, 1.807) is 17.7 Å². The van der Waals surface area contributed by atoms with E-state index in [4.69, 9.17) is 4.98 Å². The van der Waals surface area contributed by atoms with E-state index in [1.165, 1.54) is 43.3 Å². The molecule has 0 aliphatic heterocycles. The Hall–Kier alpha value is -3.44. The van der Waals surface area contributed by atoms with Crippen molar-refractivity contribution < 1.29 is 30.0 Å². The largest absolute Gasteiger partial charge is 0.512 e. The van der Waals surface area contributed by atoms with Gasteiger partial charge in [0.25, 0.3) is 0 Å². The summed E-state index contributed by atoms with van der Waals surface area (Å²) in [5.41, 5.74) is 2.84. The third-order valence-electron chi connectivity index (χ3n) is 10.7. The number of carbonyl (C=O) groups excluding carboxylic acids is 1. The van der Waals surface area contributed by atoms with Gasteiger partial charge in [0.2, 0.25) is 0 Å². The first-order valence-electron chi connectivity index (χ1n) is 17.3. The molecule has 6 heteroatoms. The molecule has 6 aromatic rings. The van der Waals surface area contributed by atoms with Gasteiger partial charge in [-0.05, 0) is 52.8 Å². The third kappa shape index (κ3) is 7.53. The van der Waals surface area contributed by atoms with Crippen LogP contribution in [0, 0.1) is 16.9 Å². The number of rotatable bonds is 8. The predicted molar refractivity (Wildman–Crippen MR) is 206 cm³/mol. The first-order chi connectivity index (χ1) is 22.8. The average Bonchev–Trinajstić information content (AvgIpc) is 3.50. The molecule has 4 aromatic carbocycles. The first-order valence-corrected chi connectivity index (χ1v) is 18.1. The monoisotopic (exact) mass is 850 g/mol. The fourth-order valence-corrected chi connectivity index (χ4v) is 7.27. The summed E-state index contributed by atoms with van der Waals surface area (Å²) in [5, 5.41) is 17.4. The van der Waals surface area contributed by atoms with Crippen LogP contribution in [0.1, 0.15) is 93.6 Å². The van der Waals surface area contributed by atoms with Crippen LogP contribution in [0.15, 0.2) is 84.9 Å². The standard InChI is InChI=1S/C28H21N2S.C15H28O2.Ir/c1-28(2,3)19-12-14-20-18(15-19)8-6-10-22(20)25-24-23-13-11-17-7-4-5-9-21(17)26(23)31-27(24)30-16-29-25;1-7-14(5,8-2)12(16)11-13(17)15(6,9-3)10-4;/h4-9,11-16H,1-3H3;11,16H,7-10H2,1-6H3;/q-1;;/b;12-11-;. The Morgan fingerprint density at radius 2 is 1.45 bits per heavy atom. The van der Waals surface area contributed by atoms with Crippen molar-refractivity contribution in [2.75, 3.05) is 0 Å². The number of fused-ring (bicyclic) bond motifs is 6. The van der Waals surface area contributed by atoms with Gasteiger partial charge in [0.15, 0.2) is 5.78 Å². The Balaban J connectivity index is 0.000000260. The van der Waals surface area contributed by atoms with Crippen LogP contribution in [-0.4, -0.2) is 20.9 Å². The molecule has 0 spiro atoms. The maximum atomic E-state index is 12.2. The molecule has 0 amide bonds. The van der Waals surface area contributed by atoms with Gasteiger partial charge in [-0.3, -0.25) is 9.78 Å². The molecule has 0 bridgehead atoms. The van der Waals surface area contributed by atoms with Crippen LogP contribution in [0.2, 0.25) is 0 Å². The third-order valence-corrected chi connectivity index (χ3v) is 11.8. The number of benzene rings is 4. The van der Waals surface area contributed by atoms with Gasteiger partial charge in [0.05, 0.1) is 0 Å². The molecule has 2 heterocycles. The summed E-state index contributed by atoms with van der Waals surface area (Å²) in [6.07, 6.45) is 6.44. The van der Waals surface area contributed by atoms with E-state index in [2.05, 4.69) is 92.5 Å². The minimum absolute atomic E-state index is 0. The molecular weight excluding hydrogens is 801 g/mol. The van der Waals surface area contributed by atoms with Gasteiger partial charge in [-0.1, -0.05) is 122 Å². The second-order valence-corrected chi connectivity index (χ2v) is 15.5. The van der Waals surface area contributed by atoms with Crippen molar-refractivity contribution in [1.82, 2.24) is 9.97 Å². The molecular formula is C43H49IrN2O2S-. The number of nitrogens with zero attached hydrogens (tertiary/aromatic N) is 2. The number of aliphatic hydroxyl groups is 1. The summed E-state index contributed by atoms with van der Waals surface area (Å²) >= 11 is 1.75. The Morgan fingerprint density at radius 1 is 0.796 bits per heavy atom. The van der Waals surface area contributed by atoms with Crippen LogP contribution in [0.25, 0.3) is 53.1 Å². The number of allylic oxidation sites excluding steroid dienone is 2. The molecule has 0 saturated heterocycles. The quantitative estimate of drug-likeness (QED) is 0.0941. The molecule has 0 unspecified atom stereocenters. The van der Waals surface area contributed by atoms with E-state index in [0.717, 1.165) is 47.2 Å². The fraction of sp³-hybridized carbons (Fsp3) is 0.372. The molecule has 4 nitrogen and oxygen atoms in total. The van der Waals surface area contributed by atoms with E-state index in [1.807, 2.05) is 47.6 Å². The molecule has 0 atom stereocenters. The molecule has 6 rings (SSSR count). The number of aromatic nitrogens is 2. The van der Waals surface area contributed by atoms with Gasteiger partial charge >= 0.3 is 0 Å². The van der Waals surface area contributed by atoms with E-state index in [-0.39, 0.29) is 47.9 Å². The minimum Gasteiger partial charge on any atom is -0.512 e. The Labute approximate surface area is 309 Å². The van der Waals surface area contributed by atoms with Crippen molar-refractivity contribution in [2.45, 2.75) is 93.4 Å². The number of aliphatic hydroxyl groups excluding tert-OH is 1. The molecule has 0 aliphatic rings. The summed E-state index contributed by atoms with van der Waals surface area (Å²) in [7, 11) is 0. The number of hydrogen-bond donors (Lipinski definition) is 1. The first kappa shape index (κ1) is 38.4. The van der Waals surface area contributed by atoms with E-state index < -0.39 is 0 Å². The summed E-state index contributed by atoms with van der Waals surface area (Å²) in [4.78, 5) is 22.6. The zero-order valence-corrected chi connectivity index (χ0v) is 33.5. The van der Waals surface area contributed by atoms with Crippen molar-refractivity contribution in [3.05, 3.63) is 96.5 Å². The molecule has 2 aromatic heterocycles. The van der Waals surface area contributed by atoms with Gasteiger partial charge < -0.3 is 5.11 Å². The molecule has 0 fully saturated rings. The minimum atomic E-state index is -0.337. The second kappa shape index (κ2) is 15.2. The molecule has 0 saturated carbocycles. The summed E-state index contributed by atoms with van der Waals surface area (Å²) in [5.74, 6) is 0.286. The summed E-state index contributed by atoms with van der Waals surface area (Å²) < 4.78 is 1.27. The topological polar surface area (TPSA) is 63.1 Å². The van der Waals surface area contributed by atoms with Gasteiger partial charge in [0, 0.05) is 52.8 Å². The Kier molecular flexibility index (Phi) is 11.9. The van der Waals surface area contributed by atoms with Crippen molar-refractivity contribution in [3.63, 3.8) is 0 Å². The molecule has 1 radical (unpaired) electrons. The fourth-order valence-electron chi connectivity index (χ4n) is 6.09. The van der Waals surface area contributed by atoms with E-state index >= 15 is 0 Å². The van der Waals surface area contributed by atoms with Gasteiger partial charge in [-0.25, -0.2) is 4.98 Å². The smallest absolute Gasteiger partial charge is 0.164 e. The number of thiophene rings is 1. The summed E-state index contributed by atoms with van der Waals surface area (Å²) in [6.45, 7) is 18.8. The van der Waals surface area contributed by atoms with Gasteiger partial charge in [-0.15, -0.1) is 40.5 Å². The average molecular weight is 850 g/mol. The van der Waals surface area contributed by atoms with Gasteiger partial charge in [0.1, 0.15) is 16.9 Å². The van der Waals surface area contributed by atoms with Crippen molar-refractivity contribution in [1.29, 1.82) is 0 Å². The molecule has 259 valence electrons. The zero-order valence-electron chi connectivity index (χ0n) is 30.3. The predicted octanol–water partition coefficient (Wildman–Crippen LogP) is 12.6. The van der Waals surface area contributed by atoms with E-state index in [9.17, 15) is 9.90 Å². The van der Waals surface area contributed by atoms with Crippen LogP contribution in [0.5, 0.6) is 0 Å². The van der Waals surface area contributed by atoms with Crippen molar-refractivity contribution >= 4 is 59.0 Å². The SMILES string of the molecule is CC(C)(C)c1ccc2c(-c3ncnc4sc5c6ccccc6ccc5c34)[c-]ccc2c1.CCC(C)(CC)C(=O)/C=C(\O)C(C)(CC)CC.[Ir]. The second-order valence-electron chi connectivity index (χ2n) is 14.5. The van der Waals surface area contributed by atoms with Crippen LogP contribution in [0.4, 0.5) is 0 Å². The Bertz CT molecular complexity index is 2130. The maximum Gasteiger partial charge on any atom is 0.164 e. The maximum absolute atomic E-state index is 12.2. The Morgan fingerprint density at radius 3 is 2.10 bits per heavy atom. The summed E-state index contributed by atoms with van der Waals surface area (Å²) in [6, 6.07) is 27.4. The molecule has 0 aliphatic carbocycles. The number of ketones is 1. The van der Waals surface area contributed by atoms with Gasteiger partial charge in [-0.2, -0.15) is 0 Å². The van der Waals surface area contributed by atoms with Crippen LogP contribution in [0.3, 0.4) is 0 Å². The molecule has 49 heavy (non-hydrogen) atoms. The van der Waals surface area contributed by atoms with Crippen LogP contribution in [-0.2, 0) is 30.3 Å². The number of hydrogen-bond acceptors (Lipinski definition) is 5.